The van der Waals surface area contributed by atoms with Crippen LogP contribution in [-0.4, -0.2) is 42.6 Å². The molecular weight excluding hydrogens is 372 g/mol. The van der Waals surface area contributed by atoms with Crippen molar-refractivity contribution < 1.29 is 23.9 Å². The quantitative estimate of drug-likeness (QED) is 0.685. The van der Waals surface area contributed by atoms with Gasteiger partial charge in [-0.05, 0) is 37.3 Å². The summed E-state index contributed by atoms with van der Waals surface area (Å²) in [5.41, 5.74) is 2.58. The number of benzene rings is 1. The van der Waals surface area contributed by atoms with E-state index in [9.17, 15) is 14.4 Å². The number of aryl methyl sites for hydroxylation is 2. The first-order valence-corrected chi connectivity index (χ1v) is 9.70. The van der Waals surface area contributed by atoms with Gasteiger partial charge in [-0.1, -0.05) is 39.0 Å². The molecule has 0 saturated heterocycles. The van der Waals surface area contributed by atoms with Crippen molar-refractivity contribution in [1.29, 1.82) is 0 Å². The Balaban J connectivity index is 2.13. The van der Waals surface area contributed by atoms with E-state index in [1.807, 2.05) is 52.0 Å². The Morgan fingerprint density at radius 1 is 1.17 bits per heavy atom. The molecule has 2 aromatic rings. The van der Waals surface area contributed by atoms with E-state index in [0.29, 0.717) is 24.1 Å². The van der Waals surface area contributed by atoms with Crippen LogP contribution in [0.4, 0.5) is 0 Å². The number of ether oxygens (including phenoxy) is 2. The van der Waals surface area contributed by atoms with E-state index < -0.39 is 30.5 Å². The van der Waals surface area contributed by atoms with E-state index in [1.54, 1.807) is 0 Å². The van der Waals surface area contributed by atoms with Crippen LogP contribution in [-0.2, 0) is 25.5 Å². The molecule has 0 aliphatic rings. The van der Waals surface area contributed by atoms with Gasteiger partial charge >= 0.3 is 11.9 Å². The number of rotatable bonds is 8. The first-order valence-electron chi connectivity index (χ1n) is 9.70. The summed E-state index contributed by atoms with van der Waals surface area (Å²) >= 11 is 0. The molecule has 1 atom stereocenters. The highest BCUT2D eigenvalue weighted by molar-refractivity contribution is 5.99. The largest absolute Gasteiger partial charge is 0.467 e. The highest BCUT2D eigenvalue weighted by Gasteiger charge is 2.24. The standard InChI is InChI=1S/C22H28N2O5/c1-6-16-20(14(4)15-9-7-8-10-17(15)23-16)22(27)29-12-19(25)24-18(11-13(2)3)21(26)28-5/h7-10,13,18H,6,11-12H2,1-5H3,(H,24,25)/t18-/m0/s1. The van der Waals surface area contributed by atoms with Gasteiger partial charge in [-0.25, -0.2) is 9.59 Å². The first-order chi connectivity index (χ1) is 13.8. The van der Waals surface area contributed by atoms with Crippen LogP contribution in [0.15, 0.2) is 24.3 Å². The van der Waals surface area contributed by atoms with E-state index >= 15 is 0 Å². The van der Waals surface area contributed by atoms with Crippen molar-refractivity contribution in [1.82, 2.24) is 10.3 Å². The topological polar surface area (TPSA) is 94.6 Å². The third kappa shape index (κ3) is 5.53. The SMILES string of the molecule is CCc1nc2ccccc2c(C)c1C(=O)OCC(=O)N[C@@H](CC(C)C)C(=O)OC. The molecule has 7 nitrogen and oxygen atoms in total. The number of pyridine rings is 1. The third-order valence-corrected chi connectivity index (χ3v) is 4.63. The van der Waals surface area contributed by atoms with Crippen molar-refractivity contribution in [3.8, 4) is 0 Å². The van der Waals surface area contributed by atoms with Gasteiger partial charge in [-0.15, -0.1) is 0 Å². The molecule has 0 spiro atoms. The molecule has 7 heteroatoms. The third-order valence-electron chi connectivity index (χ3n) is 4.63. The van der Waals surface area contributed by atoms with Crippen molar-refractivity contribution in [3.05, 3.63) is 41.1 Å². The van der Waals surface area contributed by atoms with Crippen molar-refractivity contribution in [2.45, 2.75) is 46.6 Å². The Hall–Kier alpha value is -2.96. The minimum absolute atomic E-state index is 0.181. The molecule has 0 fully saturated rings. The number of carbonyl (C=O) groups is 3. The van der Waals surface area contributed by atoms with E-state index in [4.69, 9.17) is 9.47 Å². The fourth-order valence-corrected chi connectivity index (χ4v) is 3.23. The number of amides is 1. The molecule has 1 aromatic heterocycles. The number of methoxy groups -OCH3 is 1. The van der Waals surface area contributed by atoms with Crippen LogP contribution in [0.3, 0.4) is 0 Å². The normalized spacial score (nSPS) is 11.9. The van der Waals surface area contributed by atoms with Gasteiger partial charge in [0.15, 0.2) is 6.61 Å². The van der Waals surface area contributed by atoms with Crippen LogP contribution in [0.2, 0.25) is 0 Å². The molecule has 2 rings (SSSR count). The van der Waals surface area contributed by atoms with Gasteiger partial charge in [-0.3, -0.25) is 9.78 Å². The minimum Gasteiger partial charge on any atom is -0.467 e. The van der Waals surface area contributed by atoms with Gasteiger partial charge in [0.05, 0.1) is 23.9 Å². The number of esters is 2. The van der Waals surface area contributed by atoms with Crippen LogP contribution in [0, 0.1) is 12.8 Å². The lowest BCUT2D eigenvalue weighted by Gasteiger charge is -2.18. The highest BCUT2D eigenvalue weighted by atomic mass is 16.5. The maximum absolute atomic E-state index is 12.7. The van der Waals surface area contributed by atoms with Crippen molar-refractivity contribution in [2.24, 2.45) is 5.92 Å². The number of hydrogen-bond donors (Lipinski definition) is 1. The molecule has 0 saturated carbocycles. The fraction of sp³-hybridized carbons (Fsp3) is 0.455. The maximum atomic E-state index is 12.7. The van der Waals surface area contributed by atoms with Gasteiger partial charge in [0.2, 0.25) is 0 Å². The maximum Gasteiger partial charge on any atom is 0.340 e. The lowest BCUT2D eigenvalue weighted by molar-refractivity contribution is -0.145. The van der Waals surface area contributed by atoms with E-state index in [-0.39, 0.29) is 5.92 Å². The molecule has 0 unspecified atom stereocenters. The van der Waals surface area contributed by atoms with E-state index in [1.165, 1.54) is 7.11 Å². The summed E-state index contributed by atoms with van der Waals surface area (Å²) in [6.07, 6.45) is 0.987. The van der Waals surface area contributed by atoms with Crippen LogP contribution in [0.25, 0.3) is 10.9 Å². The summed E-state index contributed by atoms with van der Waals surface area (Å²) in [5, 5.41) is 3.44. The molecule has 1 N–H and O–H groups in total. The van der Waals surface area contributed by atoms with Crippen LogP contribution < -0.4 is 5.32 Å². The summed E-state index contributed by atoms with van der Waals surface area (Å²) in [6, 6.07) is 6.79. The van der Waals surface area contributed by atoms with Gasteiger partial charge in [-0.2, -0.15) is 0 Å². The second kappa shape index (κ2) is 10.0. The summed E-state index contributed by atoms with van der Waals surface area (Å²) in [6.45, 7) is 7.14. The molecule has 0 bridgehead atoms. The Morgan fingerprint density at radius 2 is 1.86 bits per heavy atom. The Bertz CT molecular complexity index is 907. The summed E-state index contributed by atoms with van der Waals surface area (Å²) < 4.78 is 9.96. The van der Waals surface area contributed by atoms with E-state index in [2.05, 4.69) is 10.3 Å². The zero-order valence-corrected chi connectivity index (χ0v) is 17.6. The number of hydrogen-bond acceptors (Lipinski definition) is 6. The average Bonchev–Trinajstić information content (AvgIpc) is 2.70. The van der Waals surface area contributed by atoms with Crippen molar-refractivity contribution in [2.75, 3.05) is 13.7 Å². The Kier molecular flexibility index (Phi) is 7.70. The van der Waals surface area contributed by atoms with Crippen molar-refractivity contribution >= 4 is 28.7 Å². The summed E-state index contributed by atoms with van der Waals surface area (Å²) in [5.74, 6) is -1.51. The predicted octanol–water partition coefficient (Wildman–Crippen LogP) is 2.97. The molecule has 1 amide bonds. The number of para-hydroxylation sites is 1. The van der Waals surface area contributed by atoms with Crippen LogP contribution in [0.5, 0.6) is 0 Å². The molecule has 156 valence electrons. The Morgan fingerprint density at radius 3 is 2.48 bits per heavy atom. The fourth-order valence-electron chi connectivity index (χ4n) is 3.23. The molecule has 0 aliphatic carbocycles. The van der Waals surface area contributed by atoms with E-state index in [0.717, 1.165) is 16.5 Å². The van der Waals surface area contributed by atoms with Crippen LogP contribution in [0.1, 0.15) is 48.8 Å². The van der Waals surface area contributed by atoms with Gasteiger partial charge in [0.25, 0.3) is 5.91 Å². The highest BCUT2D eigenvalue weighted by Crippen LogP contribution is 2.24. The number of fused-ring (bicyclic) bond motifs is 1. The average molecular weight is 400 g/mol. The second-order valence-electron chi connectivity index (χ2n) is 7.28. The molecule has 0 radical (unpaired) electrons. The summed E-state index contributed by atoms with van der Waals surface area (Å²) in [4.78, 5) is 41.3. The zero-order chi connectivity index (χ0) is 21.6. The monoisotopic (exact) mass is 400 g/mol. The molecule has 1 aromatic carbocycles. The smallest absolute Gasteiger partial charge is 0.340 e. The second-order valence-corrected chi connectivity index (χ2v) is 7.28. The molecular formula is C22H28N2O5. The number of carbonyl (C=O) groups excluding carboxylic acids is 3. The first kappa shape index (κ1) is 22.3. The molecule has 1 heterocycles. The Labute approximate surface area is 170 Å². The van der Waals surface area contributed by atoms with Crippen LogP contribution >= 0.6 is 0 Å². The lowest BCUT2D eigenvalue weighted by Crippen LogP contribution is -2.44. The number of aromatic nitrogens is 1. The molecule has 0 aliphatic heterocycles. The van der Waals surface area contributed by atoms with Gasteiger partial charge in [0.1, 0.15) is 6.04 Å². The van der Waals surface area contributed by atoms with Crippen molar-refractivity contribution in [3.63, 3.8) is 0 Å². The predicted molar refractivity (Wildman–Crippen MR) is 110 cm³/mol. The zero-order valence-electron chi connectivity index (χ0n) is 17.6. The minimum atomic E-state index is -0.776. The lowest BCUT2D eigenvalue weighted by atomic mass is 10.0. The van der Waals surface area contributed by atoms with Gasteiger partial charge in [0, 0.05) is 5.39 Å². The summed E-state index contributed by atoms with van der Waals surface area (Å²) in [7, 11) is 1.27. The van der Waals surface area contributed by atoms with Gasteiger partial charge < -0.3 is 14.8 Å². The molecule has 29 heavy (non-hydrogen) atoms. The number of nitrogens with zero attached hydrogens (tertiary/aromatic N) is 1. The number of nitrogens with one attached hydrogen (secondary N) is 1.